The van der Waals surface area contributed by atoms with Crippen LogP contribution in [0.1, 0.15) is 5.56 Å². The fourth-order valence-electron chi connectivity index (χ4n) is 2.10. The largest absolute Gasteiger partial charge is 0.316 e. The molecule has 0 fully saturated rings. The number of rotatable bonds is 1. The van der Waals surface area contributed by atoms with Gasteiger partial charge in [-0.15, -0.1) is 0 Å². The second-order valence-electron chi connectivity index (χ2n) is 3.96. The number of benzene rings is 2. The fraction of sp³-hybridized carbons (Fsp3) is 0.0667. The molecule has 0 amide bonds. The van der Waals surface area contributed by atoms with E-state index in [9.17, 15) is 0 Å². The number of hydrogen-bond donors (Lipinski definition) is 0. The van der Waals surface area contributed by atoms with E-state index in [0.29, 0.717) is 0 Å². The van der Waals surface area contributed by atoms with Gasteiger partial charge in [-0.3, -0.25) is 0 Å². The van der Waals surface area contributed by atoms with Crippen molar-refractivity contribution in [2.45, 2.75) is 6.92 Å². The first-order valence-corrected chi connectivity index (χ1v) is 5.39. The van der Waals surface area contributed by atoms with Crippen molar-refractivity contribution in [1.29, 1.82) is 0 Å². The van der Waals surface area contributed by atoms with Crippen LogP contribution in [0.5, 0.6) is 0 Å². The summed E-state index contributed by atoms with van der Waals surface area (Å²) in [4.78, 5) is 0. The molecule has 0 saturated carbocycles. The Bertz CT molecular complexity index is 620. The van der Waals surface area contributed by atoms with Gasteiger partial charge in [-0.25, -0.2) is 0 Å². The predicted octanol–water partition coefficient (Wildman–Crippen LogP) is 3.74. The topological polar surface area (TPSA) is 4.93 Å². The van der Waals surface area contributed by atoms with Gasteiger partial charge in [0.25, 0.3) is 0 Å². The van der Waals surface area contributed by atoms with Crippen LogP contribution >= 0.6 is 0 Å². The summed E-state index contributed by atoms with van der Waals surface area (Å²) in [6.45, 7) is 2.15. The highest BCUT2D eigenvalue weighted by molar-refractivity contribution is 5.85. The van der Waals surface area contributed by atoms with Gasteiger partial charge in [0, 0.05) is 17.3 Å². The molecule has 0 bridgehead atoms. The van der Waals surface area contributed by atoms with Crippen molar-refractivity contribution < 1.29 is 0 Å². The van der Waals surface area contributed by atoms with E-state index in [2.05, 4.69) is 60.2 Å². The number of aryl methyl sites for hydroxylation is 1. The van der Waals surface area contributed by atoms with Gasteiger partial charge in [-0.2, -0.15) is 0 Å². The predicted molar refractivity (Wildman–Crippen MR) is 66.8 cm³/mol. The summed E-state index contributed by atoms with van der Waals surface area (Å²) in [5.74, 6) is 0. The average Bonchev–Trinajstić information content (AvgIpc) is 2.69. The first-order valence-electron chi connectivity index (χ1n) is 5.39. The first kappa shape index (κ1) is 9.22. The highest BCUT2D eigenvalue weighted by Gasteiger charge is 2.05. The van der Waals surface area contributed by atoms with Crippen LogP contribution in [-0.4, -0.2) is 4.57 Å². The van der Waals surface area contributed by atoms with Crippen molar-refractivity contribution in [3.8, 4) is 5.69 Å². The molecule has 1 nitrogen and oxygen atoms in total. The minimum atomic E-state index is 1.18. The smallest absolute Gasteiger partial charge is 0.0531 e. The van der Waals surface area contributed by atoms with E-state index < -0.39 is 0 Å². The molecule has 0 aliphatic carbocycles. The molecule has 0 saturated heterocycles. The van der Waals surface area contributed by atoms with Crippen molar-refractivity contribution in [3.63, 3.8) is 0 Å². The van der Waals surface area contributed by atoms with Crippen LogP contribution < -0.4 is 0 Å². The number of para-hydroxylation sites is 1. The maximum absolute atomic E-state index is 3.04. The van der Waals surface area contributed by atoms with E-state index in [0.717, 1.165) is 0 Å². The van der Waals surface area contributed by atoms with Crippen LogP contribution in [0.2, 0.25) is 0 Å². The normalized spacial score (nSPS) is 10.8. The van der Waals surface area contributed by atoms with Crippen molar-refractivity contribution in [1.82, 2.24) is 4.57 Å². The Balaban J connectivity index is 2.33. The molecule has 0 aliphatic heterocycles. The SMILES string of the molecule is Cc1cn(-c2cc[c]cc2)c2ccccc12. The number of nitrogens with zero attached hydrogens (tertiary/aromatic N) is 1. The van der Waals surface area contributed by atoms with E-state index >= 15 is 0 Å². The van der Waals surface area contributed by atoms with Gasteiger partial charge in [0.15, 0.2) is 0 Å². The minimum Gasteiger partial charge on any atom is -0.316 e. The third kappa shape index (κ3) is 1.33. The second kappa shape index (κ2) is 3.53. The molecule has 1 heterocycles. The molecule has 0 aliphatic rings. The van der Waals surface area contributed by atoms with Gasteiger partial charge < -0.3 is 4.57 Å². The van der Waals surface area contributed by atoms with Gasteiger partial charge in [0.1, 0.15) is 0 Å². The van der Waals surface area contributed by atoms with Gasteiger partial charge in [-0.1, -0.05) is 30.3 Å². The van der Waals surface area contributed by atoms with Gasteiger partial charge in [-0.05, 0) is 36.8 Å². The Morgan fingerprint density at radius 1 is 1.00 bits per heavy atom. The first-order chi connectivity index (χ1) is 7.86. The summed E-state index contributed by atoms with van der Waals surface area (Å²) in [7, 11) is 0. The van der Waals surface area contributed by atoms with Gasteiger partial charge in [0.05, 0.1) is 5.52 Å². The lowest BCUT2D eigenvalue weighted by Crippen LogP contribution is -1.90. The van der Waals surface area contributed by atoms with Crippen LogP contribution in [0.25, 0.3) is 16.6 Å². The van der Waals surface area contributed by atoms with E-state index in [1.807, 2.05) is 12.1 Å². The van der Waals surface area contributed by atoms with Gasteiger partial charge >= 0.3 is 0 Å². The fourth-order valence-corrected chi connectivity index (χ4v) is 2.10. The van der Waals surface area contributed by atoms with E-state index in [1.165, 1.54) is 22.2 Å². The minimum absolute atomic E-state index is 1.18. The van der Waals surface area contributed by atoms with Crippen LogP contribution in [0.4, 0.5) is 0 Å². The quantitative estimate of drug-likeness (QED) is 0.571. The summed E-state index contributed by atoms with van der Waals surface area (Å²) < 4.78 is 2.22. The van der Waals surface area contributed by atoms with Crippen LogP contribution in [0.15, 0.2) is 54.7 Å². The summed E-state index contributed by atoms with van der Waals surface area (Å²) >= 11 is 0. The molecule has 0 spiro atoms. The van der Waals surface area contributed by atoms with Crippen LogP contribution in [0.3, 0.4) is 0 Å². The molecule has 3 aromatic rings. The summed E-state index contributed by atoms with van der Waals surface area (Å²) in [6.07, 6.45) is 2.18. The monoisotopic (exact) mass is 206 g/mol. The molecule has 16 heavy (non-hydrogen) atoms. The molecule has 77 valence electrons. The Labute approximate surface area is 95.0 Å². The zero-order valence-electron chi connectivity index (χ0n) is 9.14. The molecular formula is C15H12N. The molecular weight excluding hydrogens is 194 g/mol. The highest BCUT2D eigenvalue weighted by Crippen LogP contribution is 2.23. The van der Waals surface area contributed by atoms with Gasteiger partial charge in [0.2, 0.25) is 0 Å². The van der Waals surface area contributed by atoms with E-state index in [4.69, 9.17) is 0 Å². The molecule has 0 N–H and O–H groups in total. The molecule has 0 atom stereocenters. The average molecular weight is 206 g/mol. The molecule has 1 aromatic heterocycles. The maximum atomic E-state index is 3.04. The standard InChI is InChI=1S/C15H12N/c1-12-11-16(13-7-3-2-4-8-13)15-10-6-5-9-14(12)15/h3-11H,1H3. The Morgan fingerprint density at radius 2 is 1.75 bits per heavy atom. The zero-order chi connectivity index (χ0) is 11.0. The summed E-state index contributed by atoms with van der Waals surface area (Å²) in [6, 6.07) is 19.6. The lowest BCUT2D eigenvalue weighted by Gasteiger charge is -2.04. The third-order valence-electron chi connectivity index (χ3n) is 2.89. The van der Waals surface area contributed by atoms with E-state index in [1.54, 1.807) is 0 Å². The molecule has 0 unspecified atom stereocenters. The summed E-state index contributed by atoms with van der Waals surface area (Å²) in [5.41, 5.74) is 3.75. The van der Waals surface area contributed by atoms with Crippen molar-refractivity contribution in [2.75, 3.05) is 0 Å². The number of aromatic nitrogens is 1. The molecule has 1 heteroatoms. The Kier molecular flexibility index (Phi) is 2.03. The molecule has 1 radical (unpaired) electrons. The molecule has 2 aromatic carbocycles. The molecule has 3 rings (SSSR count). The Morgan fingerprint density at radius 3 is 2.56 bits per heavy atom. The lowest BCUT2D eigenvalue weighted by molar-refractivity contribution is 1.12. The van der Waals surface area contributed by atoms with Crippen molar-refractivity contribution >= 4 is 10.9 Å². The lowest BCUT2D eigenvalue weighted by atomic mass is 10.2. The van der Waals surface area contributed by atoms with E-state index in [-0.39, 0.29) is 0 Å². The maximum Gasteiger partial charge on any atom is 0.0531 e. The second-order valence-corrected chi connectivity index (χ2v) is 3.96. The van der Waals surface area contributed by atoms with Crippen LogP contribution in [0, 0.1) is 13.0 Å². The Hall–Kier alpha value is -2.02. The highest BCUT2D eigenvalue weighted by atomic mass is 15.0. The van der Waals surface area contributed by atoms with Crippen molar-refractivity contribution in [3.05, 3.63) is 66.4 Å². The van der Waals surface area contributed by atoms with Crippen molar-refractivity contribution in [2.24, 2.45) is 0 Å². The third-order valence-corrected chi connectivity index (χ3v) is 2.89. The van der Waals surface area contributed by atoms with Crippen LogP contribution in [-0.2, 0) is 0 Å². The number of hydrogen-bond acceptors (Lipinski definition) is 0. The zero-order valence-corrected chi connectivity index (χ0v) is 9.14. The number of fused-ring (bicyclic) bond motifs is 1. The summed E-state index contributed by atoms with van der Waals surface area (Å²) in [5, 5.41) is 1.32.